The number of anilines is 1. The number of halogens is 3. The van der Waals surface area contributed by atoms with E-state index in [9.17, 15) is 22.8 Å². The number of ether oxygens (including phenoxy) is 1. The minimum Gasteiger partial charge on any atom is -0.466 e. The molecule has 0 unspecified atom stereocenters. The third-order valence-electron chi connectivity index (χ3n) is 3.23. The molecule has 1 aliphatic heterocycles. The van der Waals surface area contributed by atoms with Gasteiger partial charge in [0, 0.05) is 11.4 Å². The third kappa shape index (κ3) is 2.76. The largest absolute Gasteiger partial charge is 0.466 e. The lowest BCUT2D eigenvalue weighted by Gasteiger charge is -2.18. The van der Waals surface area contributed by atoms with E-state index in [-0.39, 0.29) is 23.6 Å². The van der Waals surface area contributed by atoms with Crippen molar-refractivity contribution in [2.24, 2.45) is 0 Å². The molecule has 21 heavy (non-hydrogen) atoms. The molecule has 7 heteroatoms. The van der Waals surface area contributed by atoms with Crippen LogP contribution in [-0.4, -0.2) is 19.0 Å². The topological polar surface area (TPSA) is 46.6 Å². The van der Waals surface area contributed by atoms with Crippen LogP contribution in [0.4, 0.5) is 18.9 Å². The smallest absolute Gasteiger partial charge is 0.416 e. The van der Waals surface area contributed by atoms with Gasteiger partial charge in [0.15, 0.2) is 0 Å². The summed E-state index contributed by atoms with van der Waals surface area (Å²) in [5.74, 6) is -0.997. The fourth-order valence-electron chi connectivity index (χ4n) is 2.16. The van der Waals surface area contributed by atoms with Crippen LogP contribution < -0.4 is 4.90 Å². The zero-order valence-corrected chi connectivity index (χ0v) is 11.3. The molecule has 0 aliphatic carbocycles. The van der Waals surface area contributed by atoms with E-state index < -0.39 is 17.7 Å². The second-order valence-corrected chi connectivity index (χ2v) is 4.51. The van der Waals surface area contributed by atoms with Gasteiger partial charge >= 0.3 is 12.1 Å². The molecule has 1 aliphatic rings. The van der Waals surface area contributed by atoms with Crippen molar-refractivity contribution >= 4 is 17.6 Å². The average Bonchev–Trinajstić information content (AvgIpc) is 2.72. The maximum absolute atomic E-state index is 12.5. The number of benzene rings is 1. The summed E-state index contributed by atoms with van der Waals surface area (Å²) in [6.45, 7) is 1.55. The fourth-order valence-corrected chi connectivity index (χ4v) is 2.16. The first kappa shape index (κ1) is 15.1. The van der Waals surface area contributed by atoms with E-state index in [2.05, 4.69) is 4.74 Å². The van der Waals surface area contributed by atoms with Crippen molar-refractivity contribution in [3.63, 3.8) is 0 Å². The van der Waals surface area contributed by atoms with Crippen LogP contribution in [0, 0.1) is 0 Å². The maximum atomic E-state index is 12.5. The van der Waals surface area contributed by atoms with Gasteiger partial charge in [-0.1, -0.05) is 0 Å². The van der Waals surface area contributed by atoms with Gasteiger partial charge in [-0.05, 0) is 31.2 Å². The van der Waals surface area contributed by atoms with Crippen molar-refractivity contribution in [3.8, 4) is 0 Å². The molecule has 0 spiro atoms. The quantitative estimate of drug-likeness (QED) is 0.789. The first-order valence-electron chi connectivity index (χ1n) is 6.04. The van der Waals surface area contributed by atoms with Crippen LogP contribution >= 0.6 is 0 Å². The van der Waals surface area contributed by atoms with Crippen LogP contribution in [0.1, 0.15) is 18.9 Å². The normalized spacial score (nSPS) is 15.7. The van der Waals surface area contributed by atoms with Crippen LogP contribution in [0.3, 0.4) is 0 Å². The van der Waals surface area contributed by atoms with Gasteiger partial charge in [0.25, 0.3) is 0 Å². The molecule has 4 nitrogen and oxygen atoms in total. The predicted octanol–water partition coefficient (Wildman–Crippen LogP) is 2.89. The Hall–Kier alpha value is -2.31. The number of hydrogen-bond donors (Lipinski definition) is 0. The number of carbonyl (C=O) groups is 2. The number of carbonyl (C=O) groups excluding carboxylic acids is 2. The lowest BCUT2D eigenvalue weighted by atomic mass is 10.2. The van der Waals surface area contributed by atoms with Crippen LogP contribution in [0.2, 0.25) is 0 Å². The number of hydrogen-bond acceptors (Lipinski definition) is 3. The molecular weight excluding hydrogens is 287 g/mol. The van der Waals surface area contributed by atoms with E-state index in [4.69, 9.17) is 0 Å². The lowest BCUT2D eigenvalue weighted by molar-refractivity contribution is -0.138. The summed E-state index contributed by atoms with van der Waals surface area (Å²) in [5.41, 5.74) is 0.0612. The molecule has 0 aromatic heterocycles. The molecule has 2 rings (SSSR count). The number of methoxy groups -OCH3 is 1. The number of esters is 1. The molecule has 0 bridgehead atoms. The highest BCUT2D eigenvalue weighted by molar-refractivity contribution is 6.09. The first-order valence-corrected chi connectivity index (χ1v) is 6.04. The van der Waals surface area contributed by atoms with Crippen molar-refractivity contribution < 1.29 is 27.5 Å². The molecule has 1 aromatic rings. The number of amides is 1. The monoisotopic (exact) mass is 299 g/mol. The Labute approximate surface area is 118 Å². The van der Waals surface area contributed by atoms with E-state index in [1.165, 1.54) is 24.1 Å². The van der Waals surface area contributed by atoms with Gasteiger partial charge in [-0.15, -0.1) is 0 Å². The molecule has 112 valence electrons. The van der Waals surface area contributed by atoms with Gasteiger partial charge in [0.1, 0.15) is 0 Å². The average molecular weight is 299 g/mol. The SMILES string of the molecule is COC(=O)C1=C(C)N(c2ccc(C(F)(F)F)cc2)C(=O)C1. The van der Waals surface area contributed by atoms with Crippen molar-refractivity contribution in [2.75, 3.05) is 12.0 Å². The highest BCUT2D eigenvalue weighted by Crippen LogP contribution is 2.34. The van der Waals surface area contributed by atoms with Gasteiger partial charge in [-0.25, -0.2) is 4.79 Å². The van der Waals surface area contributed by atoms with Crippen LogP contribution in [-0.2, 0) is 20.5 Å². The van der Waals surface area contributed by atoms with Crippen molar-refractivity contribution in [1.29, 1.82) is 0 Å². The Morgan fingerprint density at radius 3 is 2.29 bits per heavy atom. The zero-order chi connectivity index (χ0) is 15.8. The highest BCUT2D eigenvalue weighted by atomic mass is 19.4. The molecule has 0 N–H and O–H groups in total. The second-order valence-electron chi connectivity index (χ2n) is 4.51. The molecule has 0 fully saturated rings. The first-order chi connectivity index (χ1) is 9.75. The molecule has 1 amide bonds. The summed E-state index contributed by atoms with van der Waals surface area (Å²) < 4.78 is 42.1. The fraction of sp³-hybridized carbons (Fsp3) is 0.286. The minimum atomic E-state index is -4.43. The molecule has 0 saturated carbocycles. The summed E-state index contributed by atoms with van der Waals surface area (Å²) in [6.07, 6.45) is -4.56. The van der Waals surface area contributed by atoms with Crippen LogP contribution in [0.25, 0.3) is 0 Å². The summed E-state index contributed by atoms with van der Waals surface area (Å²) in [7, 11) is 1.20. The molecule has 0 atom stereocenters. The van der Waals surface area contributed by atoms with Crippen molar-refractivity contribution in [2.45, 2.75) is 19.5 Å². The molecule has 1 aromatic carbocycles. The number of alkyl halides is 3. The van der Waals surface area contributed by atoms with E-state index >= 15 is 0 Å². The van der Waals surface area contributed by atoms with Gasteiger partial charge < -0.3 is 4.74 Å². The second kappa shape index (κ2) is 5.23. The lowest BCUT2D eigenvalue weighted by Crippen LogP contribution is -2.23. The van der Waals surface area contributed by atoms with E-state index in [0.717, 1.165) is 12.1 Å². The van der Waals surface area contributed by atoms with Gasteiger partial charge in [-0.2, -0.15) is 13.2 Å². The summed E-state index contributed by atoms with van der Waals surface area (Å²) in [4.78, 5) is 24.7. The van der Waals surface area contributed by atoms with Gasteiger partial charge in [0.05, 0.1) is 24.7 Å². The standard InChI is InChI=1S/C14H12F3NO3/c1-8-11(13(20)21-2)7-12(19)18(8)10-5-3-9(4-6-10)14(15,16)17/h3-6H,7H2,1-2H3. The Morgan fingerprint density at radius 1 is 1.24 bits per heavy atom. The Bertz CT molecular complexity index is 617. The van der Waals surface area contributed by atoms with E-state index in [0.29, 0.717) is 5.70 Å². The predicted molar refractivity (Wildman–Crippen MR) is 68.3 cm³/mol. The summed E-state index contributed by atoms with van der Waals surface area (Å²) >= 11 is 0. The molecular formula is C14H12F3NO3. The Kier molecular flexibility index (Phi) is 3.76. The van der Waals surface area contributed by atoms with Gasteiger partial charge in [-0.3, -0.25) is 9.69 Å². The molecule has 0 saturated heterocycles. The van der Waals surface area contributed by atoms with E-state index in [1.54, 1.807) is 6.92 Å². The Balaban J connectivity index is 2.36. The van der Waals surface area contributed by atoms with Crippen LogP contribution in [0.15, 0.2) is 35.5 Å². The Morgan fingerprint density at radius 2 is 1.81 bits per heavy atom. The van der Waals surface area contributed by atoms with Crippen molar-refractivity contribution in [1.82, 2.24) is 0 Å². The number of allylic oxidation sites excluding steroid dienone is 1. The van der Waals surface area contributed by atoms with Crippen molar-refractivity contribution in [3.05, 3.63) is 41.1 Å². The summed E-state index contributed by atoms with van der Waals surface area (Å²) in [6, 6.07) is 4.19. The molecule has 1 heterocycles. The number of rotatable bonds is 2. The maximum Gasteiger partial charge on any atom is 0.416 e. The minimum absolute atomic E-state index is 0.125. The zero-order valence-electron chi connectivity index (χ0n) is 11.3. The van der Waals surface area contributed by atoms with E-state index in [1.807, 2.05) is 0 Å². The van der Waals surface area contributed by atoms with Gasteiger partial charge in [0.2, 0.25) is 5.91 Å². The summed E-state index contributed by atoms with van der Waals surface area (Å²) in [5, 5.41) is 0. The van der Waals surface area contributed by atoms with Crippen LogP contribution in [0.5, 0.6) is 0 Å². The number of nitrogens with zero attached hydrogens (tertiary/aromatic N) is 1. The highest BCUT2D eigenvalue weighted by Gasteiger charge is 2.34. The molecule has 0 radical (unpaired) electrons. The third-order valence-corrected chi connectivity index (χ3v) is 3.23.